The van der Waals surface area contributed by atoms with Crippen LogP contribution in [0.3, 0.4) is 0 Å². The van der Waals surface area contributed by atoms with Crippen molar-refractivity contribution in [1.82, 2.24) is 4.90 Å². The molecule has 0 radical (unpaired) electrons. The van der Waals surface area contributed by atoms with E-state index in [-0.39, 0.29) is 6.04 Å². The van der Waals surface area contributed by atoms with Gasteiger partial charge >= 0.3 is 0 Å². The SMILES string of the molecule is CCC1CCCN(C(CN)c2cc(Br)c(Br)o2)C1. The van der Waals surface area contributed by atoms with Crippen LogP contribution in [0.15, 0.2) is 19.6 Å². The van der Waals surface area contributed by atoms with E-state index in [0.717, 1.165) is 33.9 Å². The van der Waals surface area contributed by atoms with E-state index in [4.69, 9.17) is 10.2 Å². The summed E-state index contributed by atoms with van der Waals surface area (Å²) in [5.41, 5.74) is 5.95. The average molecular weight is 380 g/mol. The number of hydrogen-bond donors (Lipinski definition) is 1. The van der Waals surface area contributed by atoms with Crippen LogP contribution in [0.2, 0.25) is 0 Å². The standard InChI is InChI=1S/C13H20Br2N2O/c1-2-9-4-3-5-17(8-9)11(7-16)12-6-10(14)13(15)18-12/h6,9,11H,2-5,7-8,16H2,1H3. The van der Waals surface area contributed by atoms with E-state index in [1.54, 1.807) is 0 Å². The minimum atomic E-state index is 0.196. The number of nitrogens with zero attached hydrogens (tertiary/aromatic N) is 1. The van der Waals surface area contributed by atoms with Gasteiger partial charge in [-0.2, -0.15) is 0 Å². The molecule has 1 fully saturated rings. The van der Waals surface area contributed by atoms with Gasteiger partial charge in [0.05, 0.1) is 10.5 Å². The predicted octanol–water partition coefficient (Wildman–Crippen LogP) is 3.93. The van der Waals surface area contributed by atoms with Crippen molar-refractivity contribution in [3.8, 4) is 0 Å². The normalized spacial score (nSPS) is 23.2. The highest BCUT2D eigenvalue weighted by atomic mass is 79.9. The van der Waals surface area contributed by atoms with E-state index in [0.29, 0.717) is 6.54 Å². The Kier molecular flexibility index (Phi) is 5.30. The number of hydrogen-bond acceptors (Lipinski definition) is 3. The van der Waals surface area contributed by atoms with Gasteiger partial charge in [-0.15, -0.1) is 0 Å². The molecule has 102 valence electrons. The first-order valence-corrected chi connectivity index (χ1v) is 8.13. The van der Waals surface area contributed by atoms with Gasteiger partial charge in [0.2, 0.25) is 0 Å². The molecule has 1 aromatic heterocycles. The molecule has 2 atom stereocenters. The maximum Gasteiger partial charge on any atom is 0.183 e. The van der Waals surface area contributed by atoms with Crippen molar-refractivity contribution in [2.45, 2.75) is 32.2 Å². The van der Waals surface area contributed by atoms with Gasteiger partial charge in [0, 0.05) is 13.1 Å². The summed E-state index contributed by atoms with van der Waals surface area (Å²) >= 11 is 6.85. The third-order valence-electron chi connectivity index (χ3n) is 3.78. The van der Waals surface area contributed by atoms with Crippen molar-refractivity contribution in [2.24, 2.45) is 11.7 Å². The average Bonchev–Trinajstić information content (AvgIpc) is 2.70. The largest absolute Gasteiger partial charge is 0.451 e. The van der Waals surface area contributed by atoms with E-state index in [1.165, 1.54) is 19.3 Å². The molecule has 1 saturated heterocycles. The van der Waals surface area contributed by atoms with E-state index >= 15 is 0 Å². The first-order valence-electron chi connectivity index (χ1n) is 6.54. The highest BCUT2D eigenvalue weighted by molar-refractivity contribution is 9.13. The summed E-state index contributed by atoms with van der Waals surface area (Å²) in [6.07, 6.45) is 3.85. The molecule has 0 aromatic carbocycles. The van der Waals surface area contributed by atoms with Crippen molar-refractivity contribution in [1.29, 1.82) is 0 Å². The van der Waals surface area contributed by atoms with E-state index < -0.39 is 0 Å². The van der Waals surface area contributed by atoms with Gasteiger partial charge in [-0.1, -0.05) is 13.3 Å². The Balaban J connectivity index is 2.12. The van der Waals surface area contributed by atoms with E-state index in [1.807, 2.05) is 6.07 Å². The molecule has 2 rings (SSSR count). The number of likely N-dealkylation sites (tertiary alicyclic amines) is 1. The van der Waals surface area contributed by atoms with Crippen molar-refractivity contribution in [3.05, 3.63) is 21.0 Å². The Bertz CT molecular complexity index is 375. The number of rotatable bonds is 4. The van der Waals surface area contributed by atoms with Crippen LogP contribution in [0, 0.1) is 5.92 Å². The van der Waals surface area contributed by atoms with Crippen LogP contribution >= 0.6 is 31.9 Å². The fourth-order valence-corrected chi connectivity index (χ4v) is 3.29. The minimum Gasteiger partial charge on any atom is -0.451 e. The second kappa shape index (κ2) is 6.55. The van der Waals surface area contributed by atoms with Crippen molar-refractivity contribution < 1.29 is 4.42 Å². The number of nitrogens with two attached hydrogens (primary N) is 1. The lowest BCUT2D eigenvalue weighted by Crippen LogP contribution is -2.40. The predicted molar refractivity (Wildman–Crippen MR) is 80.5 cm³/mol. The van der Waals surface area contributed by atoms with Gasteiger partial charge in [-0.05, 0) is 63.2 Å². The summed E-state index contributed by atoms with van der Waals surface area (Å²) in [5.74, 6) is 1.75. The van der Waals surface area contributed by atoms with Crippen molar-refractivity contribution in [2.75, 3.05) is 19.6 Å². The molecule has 1 aliphatic rings. The van der Waals surface area contributed by atoms with Crippen LogP contribution in [-0.4, -0.2) is 24.5 Å². The van der Waals surface area contributed by atoms with Crippen LogP contribution in [0.1, 0.15) is 38.0 Å². The second-order valence-corrected chi connectivity index (χ2v) is 6.51. The molecule has 0 saturated carbocycles. The summed E-state index contributed by atoms with van der Waals surface area (Å²) < 4.78 is 7.45. The summed E-state index contributed by atoms with van der Waals surface area (Å²) in [6, 6.07) is 2.22. The highest BCUT2D eigenvalue weighted by Crippen LogP contribution is 2.34. The molecule has 2 unspecified atom stereocenters. The molecule has 3 nitrogen and oxygen atoms in total. The quantitative estimate of drug-likeness (QED) is 0.861. The summed E-state index contributed by atoms with van der Waals surface area (Å²) in [7, 11) is 0. The lowest BCUT2D eigenvalue weighted by Gasteiger charge is -2.36. The molecule has 0 aliphatic carbocycles. The third kappa shape index (κ3) is 3.18. The molecule has 1 aromatic rings. The zero-order valence-electron chi connectivity index (χ0n) is 10.7. The first-order chi connectivity index (χ1) is 8.65. The Morgan fingerprint density at radius 3 is 2.89 bits per heavy atom. The van der Waals surface area contributed by atoms with Crippen LogP contribution in [0.25, 0.3) is 0 Å². The number of halogens is 2. The van der Waals surface area contributed by atoms with Crippen molar-refractivity contribution in [3.63, 3.8) is 0 Å². The van der Waals surface area contributed by atoms with Gasteiger partial charge < -0.3 is 10.2 Å². The zero-order chi connectivity index (χ0) is 13.1. The minimum absolute atomic E-state index is 0.196. The molecular formula is C13H20Br2N2O. The molecule has 0 spiro atoms. The second-order valence-electron chi connectivity index (χ2n) is 4.93. The first kappa shape index (κ1) is 14.6. The Morgan fingerprint density at radius 2 is 2.33 bits per heavy atom. The Hall–Kier alpha value is 0.160. The van der Waals surface area contributed by atoms with Gasteiger partial charge in [-0.3, -0.25) is 4.90 Å². The molecule has 18 heavy (non-hydrogen) atoms. The Morgan fingerprint density at radius 1 is 1.56 bits per heavy atom. The topological polar surface area (TPSA) is 42.4 Å². The molecule has 0 amide bonds. The fourth-order valence-electron chi connectivity index (χ4n) is 2.69. The van der Waals surface area contributed by atoms with Gasteiger partial charge in [-0.25, -0.2) is 0 Å². The zero-order valence-corrected chi connectivity index (χ0v) is 13.8. The molecular weight excluding hydrogens is 360 g/mol. The van der Waals surface area contributed by atoms with Gasteiger partial charge in [0.15, 0.2) is 4.67 Å². The lowest BCUT2D eigenvalue weighted by atomic mass is 9.94. The van der Waals surface area contributed by atoms with Crippen LogP contribution in [0.4, 0.5) is 0 Å². The maximum atomic E-state index is 5.95. The summed E-state index contributed by atoms with van der Waals surface area (Å²) in [6.45, 7) is 5.12. The molecule has 5 heteroatoms. The van der Waals surface area contributed by atoms with Crippen LogP contribution in [-0.2, 0) is 0 Å². The van der Waals surface area contributed by atoms with Gasteiger partial charge in [0.25, 0.3) is 0 Å². The van der Waals surface area contributed by atoms with E-state index in [9.17, 15) is 0 Å². The van der Waals surface area contributed by atoms with Crippen molar-refractivity contribution >= 4 is 31.9 Å². The smallest absolute Gasteiger partial charge is 0.183 e. The Labute approximate surface area is 125 Å². The maximum absolute atomic E-state index is 5.95. The van der Waals surface area contributed by atoms with E-state index in [2.05, 4.69) is 43.7 Å². The lowest BCUT2D eigenvalue weighted by molar-refractivity contribution is 0.111. The molecule has 2 N–H and O–H groups in total. The summed E-state index contributed by atoms with van der Waals surface area (Å²) in [4.78, 5) is 2.47. The monoisotopic (exact) mass is 378 g/mol. The van der Waals surface area contributed by atoms with Crippen LogP contribution < -0.4 is 5.73 Å². The summed E-state index contributed by atoms with van der Waals surface area (Å²) in [5, 5.41) is 0. The van der Waals surface area contributed by atoms with Gasteiger partial charge in [0.1, 0.15) is 5.76 Å². The third-order valence-corrected chi connectivity index (χ3v) is 5.49. The molecule has 2 heterocycles. The van der Waals surface area contributed by atoms with Crippen LogP contribution in [0.5, 0.6) is 0 Å². The highest BCUT2D eigenvalue weighted by Gasteiger charge is 2.27. The molecule has 0 bridgehead atoms. The molecule has 1 aliphatic heterocycles. The fraction of sp³-hybridized carbons (Fsp3) is 0.692. The number of furan rings is 1. The number of piperidine rings is 1.